The smallest absolute Gasteiger partial charge is 0.405 e. The quantitative estimate of drug-likeness (QED) is 0.687. The molecular weight excluding hydrogens is 229 g/mol. The molecule has 0 aromatic heterocycles. The molecule has 0 heterocycles. The lowest BCUT2D eigenvalue weighted by Crippen LogP contribution is -2.50. The van der Waals surface area contributed by atoms with Crippen molar-refractivity contribution in [3.05, 3.63) is 0 Å². The van der Waals surface area contributed by atoms with E-state index in [4.69, 9.17) is 5.11 Å². The lowest BCUT2D eigenvalue weighted by Gasteiger charge is -2.18. The monoisotopic (exact) mass is 242 g/mol. The molecule has 0 saturated carbocycles. The molecule has 0 unspecified atom stereocenters. The van der Waals surface area contributed by atoms with Gasteiger partial charge in [0.25, 0.3) is 0 Å². The Morgan fingerprint density at radius 2 is 1.81 bits per heavy atom. The molecule has 0 saturated heterocycles. The van der Waals surface area contributed by atoms with Crippen LogP contribution < -0.4 is 10.6 Å². The third-order valence-electron chi connectivity index (χ3n) is 1.67. The number of amides is 2. The number of rotatable bonds is 4. The third kappa shape index (κ3) is 6.10. The number of urea groups is 1. The van der Waals surface area contributed by atoms with Gasteiger partial charge in [-0.25, -0.2) is 9.59 Å². The fourth-order valence-corrected chi connectivity index (χ4v) is 0.886. The Kier molecular flexibility index (Phi) is 5.06. The van der Waals surface area contributed by atoms with Gasteiger partial charge in [-0.1, -0.05) is 13.8 Å². The molecule has 0 spiro atoms. The van der Waals surface area contributed by atoms with Gasteiger partial charge in [0.1, 0.15) is 12.6 Å². The van der Waals surface area contributed by atoms with E-state index >= 15 is 0 Å². The molecule has 0 aliphatic carbocycles. The van der Waals surface area contributed by atoms with Gasteiger partial charge in [0, 0.05) is 0 Å². The van der Waals surface area contributed by atoms with Crippen molar-refractivity contribution in [3.8, 4) is 0 Å². The van der Waals surface area contributed by atoms with Crippen LogP contribution in [-0.2, 0) is 4.79 Å². The fraction of sp³-hybridized carbons (Fsp3) is 0.750. The number of carbonyl (C=O) groups excluding carboxylic acids is 1. The number of halogens is 3. The van der Waals surface area contributed by atoms with Crippen LogP contribution in [0, 0.1) is 5.92 Å². The molecule has 8 heteroatoms. The summed E-state index contributed by atoms with van der Waals surface area (Å²) in [6, 6.07) is -2.37. The van der Waals surface area contributed by atoms with Crippen LogP contribution in [0.3, 0.4) is 0 Å². The number of carboxylic acid groups (broad SMARTS) is 1. The Morgan fingerprint density at radius 3 is 2.12 bits per heavy atom. The van der Waals surface area contributed by atoms with Gasteiger partial charge in [-0.3, -0.25) is 0 Å². The van der Waals surface area contributed by atoms with Gasteiger partial charge in [0.05, 0.1) is 0 Å². The minimum absolute atomic E-state index is 0.422. The molecule has 1 atom stereocenters. The van der Waals surface area contributed by atoms with E-state index in [-0.39, 0.29) is 0 Å². The molecule has 0 rings (SSSR count). The normalized spacial score (nSPS) is 13.4. The Labute approximate surface area is 90.0 Å². The summed E-state index contributed by atoms with van der Waals surface area (Å²) in [7, 11) is 0. The number of carbonyl (C=O) groups is 2. The molecule has 16 heavy (non-hydrogen) atoms. The lowest BCUT2D eigenvalue weighted by atomic mass is 10.1. The molecular formula is C8H13F3N2O3. The first kappa shape index (κ1) is 14.5. The molecule has 0 aromatic carbocycles. The average molecular weight is 242 g/mol. The van der Waals surface area contributed by atoms with Crippen LogP contribution in [0.1, 0.15) is 13.8 Å². The van der Waals surface area contributed by atoms with E-state index < -0.39 is 36.7 Å². The molecule has 2 amide bonds. The first-order chi connectivity index (χ1) is 7.13. The Bertz CT molecular complexity index is 266. The van der Waals surface area contributed by atoms with Crippen molar-refractivity contribution in [2.24, 2.45) is 5.92 Å². The van der Waals surface area contributed by atoms with E-state index in [1.807, 2.05) is 5.32 Å². The molecule has 0 bridgehead atoms. The summed E-state index contributed by atoms with van der Waals surface area (Å²) in [4.78, 5) is 21.5. The fourth-order valence-electron chi connectivity index (χ4n) is 0.886. The number of nitrogens with one attached hydrogen (secondary N) is 2. The zero-order chi connectivity index (χ0) is 12.9. The minimum Gasteiger partial charge on any atom is -0.480 e. The highest BCUT2D eigenvalue weighted by Crippen LogP contribution is 2.12. The van der Waals surface area contributed by atoms with Crippen LogP contribution >= 0.6 is 0 Å². The average Bonchev–Trinajstić information content (AvgIpc) is 2.08. The predicted octanol–water partition coefficient (Wildman–Crippen LogP) is 0.957. The second-order valence-electron chi connectivity index (χ2n) is 3.50. The standard InChI is InChI=1S/C8H13F3N2O3/c1-4(2)5(6(14)15)13-7(16)12-3-8(9,10)11/h4-5H,3H2,1-2H3,(H,14,15)(H2,12,13,16)/t5-/m1/s1. The van der Waals surface area contributed by atoms with Crippen molar-refractivity contribution in [2.75, 3.05) is 6.54 Å². The number of hydrogen-bond donors (Lipinski definition) is 3. The summed E-state index contributed by atoms with van der Waals surface area (Å²) < 4.78 is 35.1. The van der Waals surface area contributed by atoms with Crippen LogP contribution in [0.2, 0.25) is 0 Å². The second-order valence-corrected chi connectivity index (χ2v) is 3.50. The van der Waals surface area contributed by atoms with Crippen LogP contribution in [0.5, 0.6) is 0 Å². The summed E-state index contributed by atoms with van der Waals surface area (Å²) >= 11 is 0. The maximum atomic E-state index is 11.7. The molecule has 0 aliphatic heterocycles. The van der Waals surface area contributed by atoms with Gasteiger partial charge in [-0.15, -0.1) is 0 Å². The van der Waals surface area contributed by atoms with Crippen molar-refractivity contribution < 1.29 is 27.9 Å². The van der Waals surface area contributed by atoms with E-state index in [2.05, 4.69) is 0 Å². The van der Waals surface area contributed by atoms with Crippen LogP contribution in [0.15, 0.2) is 0 Å². The second kappa shape index (κ2) is 5.57. The first-order valence-electron chi connectivity index (χ1n) is 4.47. The van der Waals surface area contributed by atoms with Gasteiger partial charge in [-0.05, 0) is 5.92 Å². The van der Waals surface area contributed by atoms with Crippen LogP contribution in [-0.4, -0.2) is 35.9 Å². The largest absolute Gasteiger partial charge is 0.480 e. The Balaban J connectivity index is 4.17. The van der Waals surface area contributed by atoms with Crippen molar-refractivity contribution in [1.29, 1.82) is 0 Å². The zero-order valence-corrected chi connectivity index (χ0v) is 8.76. The summed E-state index contributed by atoms with van der Waals surface area (Å²) in [5.74, 6) is -1.72. The summed E-state index contributed by atoms with van der Waals surface area (Å²) in [6.45, 7) is 1.56. The molecule has 0 fully saturated rings. The third-order valence-corrected chi connectivity index (χ3v) is 1.67. The topological polar surface area (TPSA) is 78.4 Å². The number of carboxylic acids is 1. The van der Waals surface area contributed by atoms with Gasteiger partial charge in [0.15, 0.2) is 0 Å². The summed E-state index contributed by atoms with van der Waals surface area (Å²) in [5.41, 5.74) is 0. The van der Waals surface area contributed by atoms with Gasteiger partial charge in [0.2, 0.25) is 0 Å². The first-order valence-corrected chi connectivity index (χ1v) is 4.47. The predicted molar refractivity (Wildman–Crippen MR) is 48.9 cm³/mol. The molecule has 0 aromatic rings. The Hall–Kier alpha value is -1.47. The maximum Gasteiger partial charge on any atom is 0.405 e. The van der Waals surface area contributed by atoms with Crippen molar-refractivity contribution in [3.63, 3.8) is 0 Å². The zero-order valence-electron chi connectivity index (χ0n) is 8.76. The maximum absolute atomic E-state index is 11.7. The van der Waals surface area contributed by atoms with Crippen LogP contribution in [0.25, 0.3) is 0 Å². The number of aliphatic carboxylic acids is 1. The van der Waals surface area contributed by atoms with E-state index in [9.17, 15) is 22.8 Å². The van der Waals surface area contributed by atoms with E-state index in [0.717, 1.165) is 0 Å². The van der Waals surface area contributed by atoms with Crippen molar-refractivity contribution in [1.82, 2.24) is 10.6 Å². The molecule has 0 radical (unpaired) electrons. The summed E-state index contributed by atoms with van der Waals surface area (Å²) in [6.07, 6.45) is -4.52. The molecule has 0 aliphatic rings. The molecule has 3 N–H and O–H groups in total. The van der Waals surface area contributed by atoms with Gasteiger partial charge < -0.3 is 15.7 Å². The molecule has 94 valence electrons. The highest BCUT2D eigenvalue weighted by Gasteiger charge is 2.29. The van der Waals surface area contributed by atoms with Crippen LogP contribution in [0.4, 0.5) is 18.0 Å². The number of alkyl halides is 3. The number of hydrogen-bond acceptors (Lipinski definition) is 2. The minimum atomic E-state index is -4.52. The highest BCUT2D eigenvalue weighted by molar-refractivity contribution is 5.82. The van der Waals surface area contributed by atoms with Crippen molar-refractivity contribution in [2.45, 2.75) is 26.1 Å². The van der Waals surface area contributed by atoms with E-state index in [1.165, 1.54) is 19.2 Å². The van der Waals surface area contributed by atoms with Gasteiger partial charge >= 0.3 is 18.2 Å². The Morgan fingerprint density at radius 1 is 1.31 bits per heavy atom. The van der Waals surface area contributed by atoms with E-state index in [1.54, 1.807) is 0 Å². The van der Waals surface area contributed by atoms with E-state index in [0.29, 0.717) is 0 Å². The summed E-state index contributed by atoms with van der Waals surface area (Å²) in [5, 5.41) is 12.1. The SMILES string of the molecule is CC(C)[C@@H](NC(=O)NCC(F)(F)F)C(=O)O. The lowest BCUT2D eigenvalue weighted by molar-refractivity contribution is -0.140. The molecule has 5 nitrogen and oxygen atoms in total. The van der Waals surface area contributed by atoms with Gasteiger partial charge in [-0.2, -0.15) is 13.2 Å². The highest BCUT2D eigenvalue weighted by atomic mass is 19.4. The van der Waals surface area contributed by atoms with Crippen molar-refractivity contribution >= 4 is 12.0 Å².